The third-order valence-electron chi connectivity index (χ3n) is 3.61. The van der Waals surface area contributed by atoms with E-state index in [1.807, 2.05) is 30.3 Å². The predicted molar refractivity (Wildman–Crippen MR) is 74.6 cm³/mol. The Bertz CT molecular complexity index is 606. The van der Waals surface area contributed by atoms with Crippen LogP contribution in [0.4, 0.5) is 11.4 Å². The Hall–Kier alpha value is -2.36. The maximum Gasteiger partial charge on any atom is 0.235 e. The zero-order valence-corrected chi connectivity index (χ0v) is 10.5. The van der Waals surface area contributed by atoms with Crippen LogP contribution in [-0.2, 0) is 10.2 Å². The van der Waals surface area contributed by atoms with E-state index in [0.29, 0.717) is 11.4 Å². The van der Waals surface area contributed by atoms with Gasteiger partial charge >= 0.3 is 0 Å². The number of benzene rings is 1. The molecule has 1 aromatic heterocycles. The van der Waals surface area contributed by atoms with Gasteiger partial charge in [0.05, 0.1) is 23.0 Å². The van der Waals surface area contributed by atoms with Gasteiger partial charge in [0, 0.05) is 6.20 Å². The molecule has 0 saturated heterocycles. The summed E-state index contributed by atoms with van der Waals surface area (Å²) in [5, 5.41) is 2.91. The van der Waals surface area contributed by atoms with Crippen LogP contribution < -0.4 is 11.1 Å². The van der Waals surface area contributed by atoms with Gasteiger partial charge in [-0.15, -0.1) is 0 Å². The van der Waals surface area contributed by atoms with E-state index in [9.17, 15) is 4.79 Å². The van der Waals surface area contributed by atoms with E-state index in [1.165, 1.54) is 6.20 Å². The summed E-state index contributed by atoms with van der Waals surface area (Å²) in [6.45, 7) is 0. The van der Waals surface area contributed by atoms with Crippen LogP contribution in [0.5, 0.6) is 0 Å². The lowest BCUT2D eigenvalue weighted by atomic mass is 9.95. The van der Waals surface area contributed by atoms with Crippen LogP contribution in [-0.4, -0.2) is 10.9 Å². The zero-order valence-electron chi connectivity index (χ0n) is 10.5. The van der Waals surface area contributed by atoms with Crippen molar-refractivity contribution < 1.29 is 4.79 Å². The van der Waals surface area contributed by atoms with Crippen LogP contribution in [0.15, 0.2) is 48.8 Å². The van der Waals surface area contributed by atoms with E-state index < -0.39 is 0 Å². The highest BCUT2D eigenvalue weighted by Gasteiger charge is 2.51. The Balaban J connectivity index is 1.84. The third kappa shape index (κ3) is 2.05. The Morgan fingerprint density at radius 3 is 2.58 bits per heavy atom. The molecule has 4 heteroatoms. The van der Waals surface area contributed by atoms with Crippen LogP contribution in [0.1, 0.15) is 18.4 Å². The number of anilines is 2. The van der Waals surface area contributed by atoms with Crippen molar-refractivity contribution in [2.45, 2.75) is 18.3 Å². The molecular formula is C15H15N3O. The zero-order chi connectivity index (χ0) is 13.3. The quantitative estimate of drug-likeness (QED) is 0.882. The van der Waals surface area contributed by atoms with Crippen LogP contribution in [0.3, 0.4) is 0 Å². The lowest BCUT2D eigenvalue weighted by Crippen LogP contribution is -2.28. The summed E-state index contributed by atoms with van der Waals surface area (Å²) in [7, 11) is 0. The maximum atomic E-state index is 12.5. The van der Waals surface area contributed by atoms with Crippen molar-refractivity contribution >= 4 is 17.3 Å². The molecule has 0 atom stereocenters. The lowest BCUT2D eigenvalue weighted by molar-refractivity contribution is -0.118. The number of carbonyl (C=O) groups is 1. The Morgan fingerprint density at radius 1 is 1.21 bits per heavy atom. The van der Waals surface area contributed by atoms with Crippen molar-refractivity contribution in [3.8, 4) is 0 Å². The number of pyridine rings is 1. The van der Waals surface area contributed by atoms with Crippen LogP contribution >= 0.6 is 0 Å². The minimum atomic E-state index is -0.378. The number of hydrogen-bond acceptors (Lipinski definition) is 3. The monoisotopic (exact) mass is 253 g/mol. The average molecular weight is 253 g/mol. The van der Waals surface area contributed by atoms with Gasteiger partial charge in [-0.1, -0.05) is 30.3 Å². The number of nitrogens with one attached hydrogen (secondary N) is 1. The number of nitrogens with two attached hydrogens (primary N) is 1. The summed E-state index contributed by atoms with van der Waals surface area (Å²) in [5.74, 6) is 0.0107. The molecule has 1 amide bonds. The smallest absolute Gasteiger partial charge is 0.235 e. The molecule has 1 fully saturated rings. The minimum Gasteiger partial charge on any atom is -0.396 e. The molecule has 19 heavy (non-hydrogen) atoms. The normalized spacial score (nSPS) is 15.8. The Kier molecular flexibility index (Phi) is 2.71. The predicted octanol–water partition coefficient (Wildman–Crippen LogP) is 2.33. The topological polar surface area (TPSA) is 68.0 Å². The molecule has 0 aliphatic heterocycles. The van der Waals surface area contributed by atoms with Gasteiger partial charge < -0.3 is 11.1 Å². The number of nitrogens with zero attached hydrogens (tertiary/aromatic N) is 1. The molecular weight excluding hydrogens is 238 g/mol. The molecule has 0 bridgehead atoms. The summed E-state index contributed by atoms with van der Waals surface area (Å²) >= 11 is 0. The average Bonchev–Trinajstić information content (AvgIpc) is 3.24. The second kappa shape index (κ2) is 4.39. The first-order valence-corrected chi connectivity index (χ1v) is 6.29. The maximum absolute atomic E-state index is 12.5. The lowest BCUT2D eigenvalue weighted by Gasteiger charge is -2.16. The summed E-state index contributed by atoms with van der Waals surface area (Å²) in [5.41, 5.74) is 7.60. The fourth-order valence-corrected chi connectivity index (χ4v) is 2.29. The van der Waals surface area contributed by atoms with E-state index in [1.54, 1.807) is 12.3 Å². The SMILES string of the molecule is Nc1cnccc1NC(=O)C1(c2ccccc2)CC1. The first-order chi connectivity index (χ1) is 9.22. The molecule has 1 aromatic carbocycles. The van der Waals surface area contributed by atoms with Crippen LogP contribution in [0.25, 0.3) is 0 Å². The van der Waals surface area contributed by atoms with Crippen molar-refractivity contribution in [2.75, 3.05) is 11.1 Å². The van der Waals surface area contributed by atoms with Gasteiger partial charge in [0.25, 0.3) is 0 Å². The summed E-state index contributed by atoms with van der Waals surface area (Å²) in [6, 6.07) is 11.6. The largest absolute Gasteiger partial charge is 0.396 e. The highest BCUT2D eigenvalue weighted by Crippen LogP contribution is 2.49. The van der Waals surface area contributed by atoms with Crippen molar-refractivity contribution in [3.63, 3.8) is 0 Å². The van der Waals surface area contributed by atoms with Gasteiger partial charge in [0.15, 0.2) is 0 Å². The number of nitrogen functional groups attached to an aromatic ring is 1. The highest BCUT2D eigenvalue weighted by atomic mass is 16.2. The summed E-state index contributed by atoms with van der Waals surface area (Å²) in [4.78, 5) is 16.4. The van der Waals surface area contributed by atoms with E-state index >= 15 is 0 Å². The molecule has 96 valence electrons. The van der Waals surface area contributed by atoms with E-state index in [-0.39, 0.29) is 11.3 Å². The van der Waals surface area contributed by atoms with Gasteiger partial charge in [-0.05, 0) is 24.5 Å². The van der Waals surface area contributed by atoms with E-state index in [4.69, 9.17) is 5.73 Å². The number of amides is 1. The van der Waals surface area contributed by atoms with Crippen molar-refractivity contribution in [3.05, 3.63) is 54.4 Å². The molecule has 1 heterocycles. The molecule has 1 aliphatic carbocycles. The standard InChI is InChI=1S/C15H15N3O/c16-12-10-17-9-6-13(12)18-14(19)15(7-8-15)11-4-2-1-3-5-11/h1-6,9-10H,7-8,16H2,(H,17,18,19). The minimum absolute atomic E-state index is 0.0107. The summed E-state index contributed by atoms with van der Waals surface area (Å²) < 4.78 is 0. The van der Waals surface area contributed by atoms with Gasteiger partial charge in [0.2, 0.25) is 5.91 Å². The third-order valence-corrected chi connectivity index (χ3v) is 3.61. The molecule has 0 unspecified atom stereocenters. The fraction of sp³-hybridized carbons (Fsp3) is 0.200. The van der Waals surface area contributed by atoms with Gasteiger partial charge in [-0.25, -0.2) is 0 Å². The second-order valence-electron chi connectivity index (χ2n) is 4.87. The first-order valence-electron chi connectivity index (χ1n) is 6.29. The van der Waals surface area contributed by atoms with E-state index in [2.05, 4.69) is 10.3 Å². The molecule has 4 nitrogen and oxygen atoms in total. The Morgan fingerprint density at radius 2 is 1.95 bits per heavy atom. The Labute approximate surface area is 111 Å². The molecule has 1 aliphatic rings. The number of rotatable bonds is 3. The molecule has 0 spiro atoms. The molecule has 0 radical (unpaired) electrons. The van der Waals surface area contributed by atoms with Crippen LogP contribution in [0, 0.1) is 0 Å². The first kappa shape index (κ1) is 11.7. The second-order valence-corrected chi connectivity index (χ2v) is 4.87. The molecule has 3 N–H and O–H groups in total. The summed E-state index contributed by atoms with van der Waals surface area (Å²) in [6.07, 6.45) is 4.92. The van der Waals surface area contributed by atoms with Gasteiger partial charge in [0.1, 0.15) is 0 Å². The fourth-order valence-electron chi connectivity index (χ4n) is 2.29. The number of carbonyl (C=O) groups excluding carboxylic acids is 1. The number of aromatic nitrogens is 1. The van der Waals surface area contributed by atoms with Crippen molar-refractivity contribution in [1.29, 1.82) is 0 Å². The van der Waals surface area contributed by atoms with Crippen molar-refractivity contribution in [1.82, 2.24) is 4.98 Å². The molecule has 3 rings (SSSR count). The van der Waals surface area contributed by atoms with Crippen molar-refractivity contribution in [2.24, 2.45) is 0 Å². The highest BCUT2D eigenvalue weighted by molar-refractivity contribution is 6.02. The van der Waals surface area contributed by atoms with E-state index in [0.717, 1.165) is 18.4 Å². The van der Waals surface area contributed by atoms with Crippen LogP contribution in [0.2, 0.25) is 0 Å². The molecule has 2 aromatic rings. The van der Waals surface area contributed by atoms with Gasteiger partial charge in [-0.2, -0.15) is 0 Å². The molecule has 1 saturated carbocycles. The van der Waals surface area contributed by atoms with Gasteiger partial charge in [-0.3, -0.25) is 9.78 Å². The number of hydrogen-bond donors (Lipinski definition) is 2.